The standard InChI is InChI=1S/C20H32N2O2S/c1-18(2,3)25(24)22-17-16-12-15(19(4,5)23)7-6-14(16)13-20(17)8-10-21-11-9-20/h6-7,12,17,21-23H,8-11,13H2,1-5H3/t17-,25?/m1/s1. The summed E-state index contributed by atoms with van der Waals surface area (Å²) in [4.78, 5) is 0. The predicted octanol–water partition coefficient (Wildman–Crippen LogP) is 2.93. The molecule has 4 nitrogen and oxygen atoms in total. The van der Waals surface area contributed by atoms with Crippen molar-refractivity contribution in [3.05, 3.63) is 34.9 Å². The van der Waals surface area contributed by atoms with Gasteiger partial charge in [0.2, 0.25) is 0 Å². The molecule has 0 radical (unpaired) electrons. The minimum Gasteiger partial charge on any atom is -0.598 e. The number of hydrogen-bond donors (Lipinski definition) is 3. The Kier molecular flexibility index (Phi) is 5.01. The molecule has 0 aromatic heterocycles. The first-order chi connectivity index (χ1) is 11.5. The first-order valence-corrected chi connectivity index (χ1v) is 10.4. The molecule has 1 fully saturated rings. The highest BCUT2D eigenvalue weighted by atomic mass is 32.2. The third kappa shape index (κ3) is 3.76. The Bertz CT molecular complexity index is 628. The van der Waals surface area contributed by atoms with Crippen LogP contribution in [-0.4, -0.2) is 27.5 Å². The van der Waals surface area contributed by atoms with E-state index in [0.717, 1.165) is 37.9 Å². The van der Waals surface area contributed by atoms with Gasteiger partial charge in [0, 0.05) is 16.8 Å². The Balaban J connectivity index is 2.00. The summed E-state index contributed by atoms with van der Waals surface area (Å²) in [5.41, 5.74) is 2.72. The second kappa shape index (κ2) is 6.54. The van der Waals surface area contributed by atoms with Gasteiger partial charge in [0.25, 0.3) is 0 Å². The lowest BCUT2D eigenvalue weighted by Crippen LogP contribution is -2.48. The normalized spacial score (nSPS) is 24.4. The molecule has 0 saturated carbocycles. The quantitative estimate of drug-likeness (QED) is 0.722. The van der Waals surface area contributed by atoms with Crippen LogP contribution in [0.4, 0.5) is 0 Å². The van der Waals surface area contributed by atoms with Gasteiger partial charge in [-0.15, -0.1) is 4.72 Å². The number of benzene rings is 1. The maximum absolute atomic E-state index is 12.9. The Hall–Kier alpha value is -0.590. The largest absolute Gasteiger partial charge is 0.598 e. The van der Waals surface area contributed by atoms with Crippen LogP contribution in [0.1, 0.15) is 70.2 Å². The van der Waals surface area contributed by atoms with E-state index in [9.17, 15) is 9.66 Å². The molecule has 1 aromatic rings. The molecule has 25 heavy (non-hydrogen) atoms. The van der Waals surface area contributed by atoms with Crippen LogP contribution in [0.5, 0.6) is 0 Å². The van der Waals surface area contributed by atoms with Crippen molar-refractivity contribution in [2.45, 2.75) is 70.3 Å². The van der Waals surface area contributed by atoms with Crippen molar-refractivity contribution in [1.82, 2.24) is 10.0 Å². The summed E-state index contributed by atoms with van der Waals surface area (Å²) in [6.07, 6.45) is 3.19. The zero-order chi connectivity index (χ0) is 18.5. The summed E-state index contributed by atoms with van der Waals surface area (Å²) in [7, 11) is 0. The Morgan fingerprint density at radius 3 is 2.40 bits per heavy atom. The molecule has 2 aliphatic rings. The topological polar surface area (TPSA) is 67.3 Å². The number of aliphatic hydroxyl groups is 1. The van der Waals surface area contributed by atoms with Gasteiger partial charge in [-0.05, 0) is 83.7 Å². The number of hydrogen-bond acceptors (Lipinski definition) is 4. The maximum atomic E-state index is 12.9. The van der Waals surface area contributed by atoms with Crippen LogP contribution in [0.25, 0.3) is 0 Å². The fraction of sp³-hybridized carbons (Fsp3) is 0.700. The summed E-state index contributed by atoms with van der Waals surface area (Å²) >= 11 is -1.12. The van der Waals surface area contributed by atoms with Crippen molar-refractivity contribution < 1.29 is 9.66 Å². The molecule has 0 bridgehead atoms. The van der Waals surface area contributed by atoms with Crippen molar-refractivity contribution >= 4 is 11.4 Å². The molecule has 3 rings (SSSR count). The van der Waals surface area contributed by atoms with Gasteiger partial charge in [-0.2, -0.15) is 0 Å². The summed E-state index contributed by atoms with van der Waals surface area (Å²) in [6.45, 7) is 11.7. The van der Waals surface area contributed by atoms with Crippen molar-refractivity contribution in [2.24, 2.45) is 5.41 Å². The first kappa shape index (κ1) is 19.2. The number of piperidine rings is 1. The van der Waals surface area contributed by atoms with E-state index in [1.54, 1.807) is 0 Å². The van der Waals surface area contributed by atoms with E-state index in [4.69, 9.17) is 0 Å². The Morgan fingerprint density at radius 2 is 1.84 bits per heavy atom. The lowest BCUT2D eigenvalue weighted by Gasteiger charge is -2.40. The second-order valence-corrected chi connectivity index (χ2v) is 11.2. The molecule has 2 atom stereocenters. The molecule has 1 spiro atoms. The summed E-state index contributed by atoms with van der Waals surface area (Å²) in [5, 5.41) is 13.9. The van der Waals surface area contributed by atoms with Crippen molar-refractivity contribution in [2.75, 3.05) is 13.1 Å². The van der Waals surface area contributed by atoms with Gasteiger partial charge in [0.15, 0.2) is 0 Å². The monoisotopic (exact) mass is 364 g/mol. The smallest absolute Gasteiger partial charge is 0.136 e. The summed E-state index contributed by atoms with van der Waals surface area (Å²) < 4.78 is 16.0. The molecule has 0 amide bonds. The van der Waals surface area contributed by atoms with Gasteiger partial charge in [0.1, 0.15) is 4.75 Å². The maximum Gasteiger partial charge on any atom is 0.136 e. The average Bonchev–Trinajstić information content (AvgIpc) is 2.79. The zero-order valence-corrected chi connectivity index (χ0v) is 16.9. The van der Waals surface area contributed by atoms with E-state index in [1.807, 2.05) is 40.7 Å². The minimum atomic E-state index is -1.12. The van der Waals surface area contributed by atoms with E-state index in [2.05, 4.69) is 22.2 Å². The van der Waals surface area contributed by atoms with Crippen LogP contribution in [0, 0.1) is 5.41 Å². The summed E-state index contributed by atoms with van der Waals surface area (Å²) in [6, 6.07) is 6.40. The molecule has 1 aliphatic carbocycles. The zero-order valence-electron chi connectivity index (χ0n) is 16.1. The molecule has 5 heteroatoms. The van der Waals surface area contributed by atoms with Gasteiger partial charge >= 0.3 is 0 Å². The molecule has 1 unspecified atom stereocenters. The molecule has 1 aliphatic heterocycles. The molecular weight excluding hydrogens is 332 g/mol. The van der Waals surface area contributed by atoms with Gasteiger partial charge in [-0.1, -0.05) is 18.2 Å². The Morgan fingerprint density at radius 1 is 1.20 bits per heavy atom. The average molecular weight is 365 g/mol. The van der Waals surface area contributed by atoms with E-state index in [1.165, 1.54) is 11.1 Å². The fourth-order valence-electron chi connectivity index (χ4n) is 4.08. The highest BCUT2D eigenvalue weighted by Gasteiger charge is 2.49. The van der Waals surface area contributed by atoms with Crippen molar-refractivity contribution in [3.63, 3.8) is 0 Å². The van der Waals surface area contributed by atoms with Crippen LogP contribution >= 0.6 is 0 Å². The van der Waals surface area contributed by atoms with E-state index in [-0.39, 0.29) is 16.2 Å². The molecule has 1 saturated heterocycles. The van der Waals surface area contributed by atoms with Crippen molar-refractivity contribution in [3.8, 4) is 0 Å². The molecule has 3 N–H and O–H groups in total. The number of rotatable bonds is 3. The highest BCUT2D eigenvalue weighted by Crippen LogP contribution is 2.52. The lowest BCUT2D eigenvalue weighted by molar-refractivity contribution is 0.0784. The second-order valence-electron chi connectivity index (χ2n) is 9.19. The third-order valence-corrected chi connectivity index (χ3v) is 7.26. The van der Waals surface area contributed by atoms with Crippen LogP contribution in [0.15, 0.2) is 18.2 Å². The first-order valence-electron chi connectivity index (χ1n) is 9.27. The molecular formula is C20H32N2O2S. The lowest BCUT2D eigenvalue weighted by atomic mass is 9.73. The highest BCUT2D eigenvalue weighted by molar-refractivity contribution is 7.90. The Labute approximate surface area is 155 Å². The van der Waals surface area contributed by atoms with Crippen LogP contribution < -0.4 is 10.0 Å². The number of nitrogens with one attached hydrogen (secondary N) is 2. The minimum absolute atomic E-state index is 0.0759. The van der Waals surface area contributed by atoms with E-state index < -0.39 is 17.0 Å². The van der Waals surface area contributed by atoms with Crippen LogP contribution in [0.2, 0.25) is 0 Å². The van der Waals surface area contributed by atoms with Gasteiger partial charge < -0.3 is 15.0 Å². The van der Waals surface area contributed by atoms with Crippen LogP contribution in [0.3, 0.4) is 0 Å². The van der Waals surface area contributed by atoms with Crippen LogP contribution in [-0.2, 0) is 23.4 Å². The predicted molar refractivity (Wildman–Crippen MR) is 104 cm³/mol. The third-order valence-electron chi connectivity index (χ3n) is 5.70. The SMILES string of the molecule is CC(C)(O)c1ccc2c(c1)[C@@H](N[S+]([O-])C(C)(C)C)C1(CCNCC1)C2. The van der Waals surface area contributed by atoms with Gasteiger partial charge in [0.05, 0.1) is 11.6 Å². The van der Waals surface area contributed by atoms with E-state index in [0.29, 0.717) is 0 Å². The van der Waals surface area contributed by atoms with Gasteiger partial charge in [-0.25, -0.2) is 0 Å². The molecule has 1 heterocycles. The fourth-order valence-corrected chi connectivity index (χ4v) is 5.02. The molecule has 1 aromatic carbocycles. The summed E-state index contributed by atoms with van der Waals surface area (Å²) in [5.74, 6) is 0. The van der Waals surface area contributed by atoms with E-state index >= 15 is 0 Å². The van der Waals surface area contributed by atoms with Gasteiger partial charge in [-0.3, -0.25) is 0 Å². The number of fused-ring (bicyclic) bond motifs is 1. The van der Waals surface area contributed by atoms with Crippen molar-refractivity contribution in [1.29, 1.82) is 0 Å². The molecule has 140 valence electrons.